The van der Waals surface area contributed by atoms with Gasteiger partial charge in [0.2, 0.25) is 0 Å². The van der Waals surface area contributed by atoms with Crippen molar-refractivity contribution >= 4 is 17.6 Å². The number of hydrogen-bond donors (Lipinski definition) is 0. The molecule has 0 amide bonds. The Balaban J connectivity index is 2.11. The van der Waals surface area contributed by atoms with Crippen molar-refractivity contribution in [1.29, 1.82) is 0 Å². The van der Waals surface area contributed by atoms with Gasteiger partial charge in [-0.1, -0.05) is 0 Å². The Morgan fingerprint density at radius 2 is 2.55 bits per heavy atom. The lowest BCUT2D eigenvalue weighted by Crippen LogP contribution is -1.76. The molecule has 0 spiro atoms. The molecule has 58 valence electrons. The van der Waals surface area contributed by atoms with Crippen LogP contribution in [0.3, 0.4) is 0 Å². The van der Waals surface area contributed by atoms with E-state index in [1.807, 2.05) is 6.20 Å². The Bertz CT molecular complexity index is 265. The highest BCUT2D eigenvalue weighted by atomic mass is 32.1. The first-order valence-electron chi connectivity index (χ1n) is 3.78. The Labute approximate surface area is 69.3 Å². The minimum Gasteiger partial charge on any atom is -0.303 e. The largest absolute Gasteiger partial charge is 0.303 e. The normalized spacial score (nSPS) is 16.7. The average Bonchev–Trinajstić information content (AvgIpc) is 2.75. The molecule has 0 aliphatic heterocycles. The summed E-state index contributed by atoms with van der Waals surface area (Å²) in [6.45, 7) is 0. The maximum Gasteiger partial charge on any atom is 0.125 e. The lowest BCUT2D eigenvalue weighted by atomic mass is 10.4. The van der Waals surface area contributed by atoms with Gasteiger partial charge in [0.1, 0.15) is 6.29 Å². The van der Waals surface area contributed by atoms with Gasteiger partial charge in [0.25, 0.3) is 0 Å². The summed E-state index contributed by atoms with van der Waals surface area (Å²) in [6, 6.07) is 0. The molecular weight excluding hydrogens is 158 g/mol. The predicted octanol–water partition coefficient (Wildman–Crippen LogP) is 1.76. The molecule has 2 nitrogen and oxygen atoms in total. The van der Waals surface area contributed by atoms with Gasteiger partial charge in [0.05, 0.1) is 5.01 Å². The van der Waals surface area contributed by atoms with Gasteiger partial charge in [-0.05, 0) is 12.8 Å². The van der Waals surface area contributed by atoms with Crippen LogP contribution in [0.5, 0.6) is 0 Å². The van der Waals surface area contributed by atoms with E-state index < -0.39 is 0 Å². The lowest BCUT2D eigenvalue weighted by Gasteiger charge is -1.83. The van der Waals surface area contributed by atoms with Crippen LogP contribution in [0.1, 0.15) is 28.6 Å². The average molecular weight is 167 g/mol. The van der Waals surface area contributed by atoms with Crippen molar-refractivity contribution in [3.8, 4) is 0 Å². The molecule has 2 rings (SSSR count). The van der Waals surface area contributed by atoms with E-state index in [1.165, 1.54) is 17.8 Å². The number of rotatable bonds is 3. The quantitative estimate of drug-likeness (QED) is 0.642. The molecule has 0 aromatic carbocycles. The molecule has 0 unspecified atom stereocenters. The summed E-state index contributed by atoms with van der Waals surface area (Å²) in [6.07, 6.45) is 5.86. The van der Waals surface area contributed by atoms with Crippen molar-refractivity contribution in [2.24, 2.45) is 0 Å². The van der Waals surface area contributed by atoms with Gasteiger partial charge < -0.3 is 4.79 Å². The number of aldehydes is 1. The van der Waals surface area contributed by atoms with E-state index in [0.717, 1.165) is 17.1 Å². The zero-order valence-electron chi connectivity index (χ0n) is 6.12. The molecule has 0 saturated heterocycles. The van der Waals surface area contributed by atoms with Crippen molar-refractivity contribution in [3.63, 3.8) is 0 Å². The Hall–Kier alpha value is -0.700. The van der Waals surface area contributed by atoms with Gasteiger partial charge in [-0.25, -0.2) is 4.98 Å². The van der Waals surface area contributed by atoms with Gasteiger partial charge in [0, 0.05) is 23.4 Å². The Kier molecular flexibility index (Phi) is 1.74. The summed E-state index contributed by atoms with van der Waals surface area (Å²) in [5, 5.41) is 1.22. The minimum absolute atomic E-state index is 0.532. The highest BCUT2D eigenvalue weighted by Gasteiger charge is 2.26. The smallest absolute Gasteiger partial charge is 0.125 e. The second-order valence-electron chi connectivity index (χ2n) is 2.81. The third-order valence-corrected chi connectivity index (χ3v) is 2.96. The molecule has 1 aliphatic rings. The first-order valence-corrected chi connectivity index (χ1v) is 4.60. The number of carbonyl (C=O) groups excluding carboxylic acids is 1. The number of thiazole rings is 1. The fourth-order valence-electron chi connectivity index (χ4n) is 1.02. The Morgan fingerprint density at radius 1 is 1.73 bits per heavy atom. The summed E-state index contributed by atoms with van der Waals surface area (Å²) in [5.74, 6) is 0.723. The number of aromatic nitrogens is 1. The molecule has 1 saturated carbocycles. The van der Waals surface area contributed by atoms with Crippen molar-refractivity contribution in [2.75, 3.05) is 0 Å². The SMILES string of the molecule is O=CCc1cnc(C2CC2)s1. The van der Waals surface area contributed by atoms with E-state index in [9.17, 15) is 4.79 Å². The van der Waals surface area contributed by atoms with E-state index in [-0.39, 0.29) is 0 Å². The highest BCUT2D eigenvalue weighted by Crippen LogP contribution is 2.41. The molecule has 1 fully saturated rings. The number of nitrogens with zero attached hydrogens (tertiary/aromatic N) is 1. The maximum absolute atomic E-state index is 10.1. The van der Waals surface area contributed by atoms with Crippen molar-refractivity contribution < 1.29 is 4.79 Å². The summed E-state index contributed by atoms with van der Waals surface area (Å²) >= 11 is 1.69. The Morgan fingerprint density at radius 3 is 3.18 bits per heavy atom. The van der Waals surface area contributed by atoms with Crippen molar-refractivity contribution in [3.05, 3.63) is 16.1 Å². The third kappa shape index (κ3) is 1.48. The van der Waals surface area contributed by atoms with E-state index in [0.29, 0.717) is 6.42 Å². The van der Waals surface area contributed by atoms with Crippen molar-refractivity contribution in [1.82, 2.24) is 4.98 Å². The molecule has 11 heavy (non-hydrogen) atoms. The second kappa shape index (κ2) is 2.74. The second-order valence-corrected chi connectivity index (χ2v) is 3.96. The van der Waals surface area contributed by atoms with Crippen molar-refractivity contribution in [2.45, 2.75) is 25.2 Å². The van der Waals surface area contributed by atoms with Gasteiger partial charge in [-0.15, -0.1) is 11.3 Å². The first-order chi connectivity index (χ1) is 5.40. The number of carbonyl (C=O) groups is 1. The first kappa shape index (κ1) is 6.98. The van der Waals surface area contributed by atoms with E-state index in [1.54, 1.807) is 11.3 Å². The van der Waals surface area contributed by atoms with E-state index >= 15 is 0 Å². The highest BCUT2D eigenvalue weighted by molar-refractivity contribution is 7.11. The molecule has 1 aromatic heterocycles. The molecule has 1 aliphatic carbocycles. The monoisotopic (exact) mass is 167 g/mol. The summed E-state index contributed by atoms with van der Waals surface area (Å²) in [5.41, 5.74) is 0. The zero-order chi connectivity index (χ0) is 7.68. The summed E-state index contributed by atoms with van der Waals surface area (Å²) in [4.78, 5) is 15.5. The molecule has 3 heteroatoms. The van der Waals surface area contributed by atoms with E-state index in [4.69, 9.17) is 0 Å². The standard InChI is InChI=1S/C8H9NOS/c10-4-3-7-5-9-8(11-7)6-1-2-6/h4-6H,1-3H2. The van der Waals surface area contributed by atoms with Gasteiger partial charge >= 0.3 is 0 Å². The number of hydrogen-bond acceptors (Lipinski definition) is 3. The minimum atomic E-state index is 0.532. The zero-order valence-corrected chi connectivity index (χ0v) is 6.93. The van der Waals surface area contributed by atoms with Crippen LogP contribution in [0.15, 0.2) is 6.20 Å². The summed E-state index contributed by atoms with van der Waals surface area (Å²) in [7, 11) is 0. The molecule has 1 aromatic rings. The van der Waals surface area contributed by atoms with Crippen LogP contribution < -0.4 is 0 Å². The van der Waals surface area contributed by atoms with Gasteiger partial charge in [0.15, 0.2) is 0 Å². The molecule has 0 N–H and O–H groups in total. The molecule has 1 heterocycles. The van der Waals surface area contributed by atoms with Crippen LogP contribution in [0.2, 0.25) is 0 Å². The molecular formula is C8H9NOS. The fraction of sp³-hybridized carbons (Fsp3) is 0.500. The van der Waals surface area contributed by atoms with Crippen LogP contribution in [0, 0.1) is 0 Å². The van der Waals surface area contributed by atoms with Crippen LogP contribution in [-0.4, -0.2) is 11.3 Å². The van der Waals surface area contributed by atoms with Crippen LogP contribution in [0.4, 0.5) is 0 Å². The topological polar surface area (TPSA) is 30.0 Å². The van der Waals surface area contributed by atoms with Crippen LogP contribution in [0.25, 0.3) is 0 Å². The molecule has 0 radical (unpaired) electrons. The van der Waals surface area contributed by atoms with Crippen LogP contribution >= 0.6 is 11.3 Å². The maximum atomic E-state index is 10.1. The fourth-order valence-corrected chi connectivity index (χ4v) is 2.05. The predicted molar refractivity (Wildman–Crippen MR) is 43.9 cm³/mol. The molecule has 0 atom stereocenters. The summed E-state index contributed by atoms with van der Waals surface area (Å²) < 4.78 is 0. The van der Waals surface area contributed by atoms with Crippen LogP contribution in [-0.2, 0) is 11.2 Å². The lowest BCUT2D eigenvalue weighted by molar-refractivity contribution is -0.107. The molecule has 0 bridgehead atoms. The van der Waals surface area contributed by atoms with E-state index in [2.05, 4.69) is 4.98 Å². The van der Waals surface area contributed by atoms with Gasteiger partial charge in [-0.2, -0.15) is 0 Å². The van der Waals surface area contributed by atoms with Gasteiger partial charge in [-0.3, -0.25) is 0 Å². The third-order valence-electron chi connectivity index (χ3n) is 1.78.